The molecule has 0 aromatic carbocycles. The molecule has 0 saturated carbocycles. The minimum Gasteiger partial charge on any atom is -0.366 e. The van der Waals surface area contributed by atoms with Gasteiger partial charge in [0.2, 0.25) is 5.91 Å². The number of amides is 1. The molecule has 1 rings (SSSR count). The smallest absolute Gasteiger partial charge is 0.231 e. The molecule has 1 aliphatic rings. The second kappa shape index (κ2) is 5.75. The molecule has 5 heteroatoms. The van der Waals surface area contributed by atoms with Crippen molar-refractivity contribution in [2.45, 2.75) is 19.8 Å². The lowest BCUT2D eigenvalue weighted by atomic mass is 10.1. The highest BCUT2D eigenvalue weighted by atomic mass is 35.5. The number of hydrogen-bond acceptors (Lipinski definition) is 3. The van der Waals surface area contributed by atoms with Gasteiger partial charge in [-0.3, -0.25) is 9.59 Å². The summed E-state index contributed by atoms with van der Waals surface area (Å²) in [5.41, 5.74) is 0.567. The summed E-state index contributed by atoms with van der Waals surface area (Å²) >= 11 is 5.66. The molecule has 1 aliphatic heterocycles. The highest BCUT2D eigenvalue weighted by Crippen LogP contribution is 2.11. The SMILES string of the molecule is CCCN(CCCl)C1=CNC(=O)CC1=O. The molecule has 1 amide bonds. The first kappa shape index (κ1) is 12.0. The van der Waals surface area contributed by atoms with Gasteiger partial charge in [-0.2, -0.15) is 0 Å². The van der Waals surface area contributed by atoms with E-state index in [2.05, 4.69) is 5.32 Å². The van der Waals surface area contributed by atoms with Crippen LogP contribution in [0.15, 0.2) is 11.9 Å². The summed E-state index contributed by atoms with van der Waals surface area (Å²) in [7, 11) is 0. The van der Waals surface area contributed by atoms with Crippen LogP contribution in [-0.2, 0) is 9.59 Å². The molecule has 0 spiro atoms. The standard InChI is InChI=1S/C10H15ClN2O2/c1-2-4-13(5-3-11)8-7-12-10(15)6-9(8)14/h7H,2-6H2,1H3,(H,12,15). The molecule has 0 saturated heterocycles. The number of carbonyl (C=O) groups is 2. The number of hydrogen-bond donors (Lipinski definition) is 1. The van der Waals surface area contributed by atoms with Crippen LogP contribution in [-0.4, -0.2) is 35.6 Å². The summed E-state index contributed by atoms with van der Waals surface area (Å²) in [6.45, 7) is 3.44. The fourth-order valence-electron chi connectivity index (χ4n) is 1.51. The van der Waals surface area contributed by atoms with E-state index < -0.39 is 0 Å². The predicted octanol–water partition coefficient (Wildman–Crippen LogP) is 0.868. The molecule has 0 radical (unpaired) electrons. The number of rotatable bonds is 5. The second-order valence-electron chi connectivity index (χ2n) is 3.37. The molecule has 15 heavy (non-hydrogen) atoms. The van der Waals surface area contributed by atoms with E-state index in [1.807, 2.05) is 11.8 Å². The number of nitrogens with one attached hydrogen (secondary N) is 1. The molecule has 84 valence electrons. The maximum Gasteiger partial charge on any atom is 0.231 e. The van der Waals surface area contributed by atoms with E-state index in [1.165, 1.54) is 6.20 Å². The third kappa shape index (κ3) is 3.23. The van der Waals surface area contributed by atoms with Crippen LogP contribution in [0.2, 0.25) is 0 Å². The van der Waals surface area contributed by atoms with Crippen molar-refractivity contribution in [1.29, 1.82) is 0 Å². The molecule has 0 aromatic heterocycles. The first-order chi connectivity index (χ1) is 7.19. The molecule has 0 fully saturated rings. The number of ketones is 1. The van der Waals surface area contributed by atoms with Crippen molar-refractivity contribution in [3.63, 3.8) is 0 Å². The highest BCUT2D eigenvalue weighted by molar-refractivity contribution is 6.18. The van der Waals surface area contributed by atoms with Crippen molar-refractivity contribution in [2.75, 3.05) is 19.0 Å². The number of allylic oxidation sites excluding steroid dienone is 1. The Morgan fingerprint density at radius 1 is 1.47 bits per heavy atom. The van der Waals surface area contributed by atoms with Crippen LogP contribution < -0.4 is 5.32 Å². The zero-order chi connectivity index (χ0) is 11.3. The monoisotopic (exact) mass is 230 g/mol. The Morgan fingerprint density at radius 2 is 2.20 bits per heavy atom. The Balaban J connectivity index is 2.73. The van der Waals surface area contributed by atoms with E-state index in [9.17, 15) is 9.59 Å². The summed E-state index contributed by atoms with van der Waals surface area (Å²) in [5, 5.41) is 2.55. The van der Waals surface area contributed by atoms with E-state index in [0.717, 1.165) is 13.0 Å². The Kier molecular flexibility index (Phi) is 4.62. The van der Waals surface area contributed by atoms with Gasteiger partial charge >= 0.3 is 0 Å². The summed E-state index contributed by atoms with van der Waals surface area (Å²) in [6, 6.07) is 0. The first-order valence-electron chi connectivity index (χ1n) is 5.02. The van der Waals surface area contributed by atoms with Crippen LogP contribution in [0.25, 0.3) is 0 Å². The fourth-order valence-corrected chi connectivity index (χ4v) is 1.71. The Morgan fingerprint density at radius 3 is 2.73 bits per heavy atom. The quantitative estimate of drug-likeness (QED) is 0.563. The molecule has 1 N–H and O–H groups in total. The number of Topliss-reactive ketones (excluding diaryl/α,β-unsaturated/α-hetero) is 1. The lowest BCUT2D eigenvalue weighted by Gasteiger charge is -2.27. The zero-order valence-electron chi connectivity index (χ0n) is 8.75. The van der Waals surface area contributed by atoms with Gasteiger partial charge < -0.3 is 10.2 Å². The van der Waals surface area contributed by atoms with E-state index in [0.29, 0.717) is 18.1 Å². The zero-order valence-corrected chi connectivity index (χ0v) is 9.51. The molecule has 0 atom stereocenters. The van der Waals surface area contributed by atoms with Crippen LogP contribution in [0.1, 0.15) is 19.8 Å². The number of halogens is 1. The number of carbonyl (C=O) groups excluding carboxylic acids is 2. The van der Waals surface area contributed by atoms with E-state index in [-0.39, 0.29) is 18.1 Å². The third-order valence-corrected chi connectivity index (χ3v) is 2.33. The highest BCUT2D eigenvalue weighted by Gasteiger charge is 2.23. The van der Waals surface area contributed by atoms with Crippen molar-refractivity contribution >= 4 is 23.3 Å². The van der Waals surface area contributed by atoms with Crippen molar-refractivity contribution < 1.29 is 9.59 Å². The maximum absolute atomic E-state index is 11.6. The molecule has 0 aromatic rings. The summed E-state index contributed by atoms with van der Waals surface area (Å²) < 4.78 is 0. The molecule has 0 unspecified atom stereocenters. The van der Waals surface area contributed by atoms with Gasteiger partial charge in [-0.05, 0) is 6.42 Å². The average molecular weight is 231 g/mol. The van der Waals surface area contributed by atoms with Crippen LogP contribution in [0.4, 0.5) is 0 Å². The number of alkyl halides is 1. The fraction of sp³-hybridized carbons (Fsp3) is 0.600. The largest absolute Gasteiger partial charge is 0.366 e. The summed E-state index contributed by atoms with van der Waals surface area (Å²) in [6.07, 6.45) is 2.36. The van der Waals surface area contributed by atoms with Gasteiger partial charge in [0.05, 0.1) is 12.1 Å². The topological polar surface area (TPSA) is 49.4 Å². The molecular weight excluding hydrogens is 216 g/mol. The summed E-state index contributed by atoms with van der Waals surface area (Å²) in [4.78, 5) is 24.4. The maximum atomic E-state index is 11.6. The summed E-state index contributed by atoms with van der Waals surface area (Å²) in [5.74, 6) is 0.0989. The van der Waals surface area contributed by atoms with E-state index >= 15 is 0 Å². The van der Waals surface area contributed by atoms with Gasteiger partial charge in [-0.25, -0.2) is 0 Å². The molecule has 0 bridgehead atoms. The van der Waals surface area contributed by atoms with Crippen molar-refractivity contribution in [3.05, 3.63) is 11.9 Å². The average Bonchev–Trinajstić information content (AvgIpc) is 2.17. The van der Waals surface area contributed by atoms with Gasteiger partial charge in [0.15, 0.2) is 5.78 Å². The lowest BCUT2D eigenvalue weighted by Crippen LogP contribution is -2.37. The van der Waals surface area contributed by atoms with Crippen LogP contribution in [0, 0.1) is 0 Å². The molecular formula is C10H15ClN2O2. The van der Waals surface area contributed by atoms with Crippen LogP contribution in [0.5, 0.6) is 0 Å². The minimum atomic E-state index is -0.244. The second-order valence-corrected chi connectivity index (χ2v) is 3.75. The normalized spacial score (nSPS) is 16.0. The van der Waals surface area contributed by atoms with Crippen molar-refractivity contribution in [2.24, 2.45) is 0 Å². The molecule has 0 aliphatic carbocycles. The minimum absolute atomic E-state index is 0.0612. The Bertz CT molecular complexity index is 283. The van der Waals surface area contributed by atoms with Gasteiger partial charge in [0.1, 0.15) is 0 Å². The Hall–Kier alpha value is -1.03. The van der Waals surface area contributed by atoms with Gasteiger partial charge in [0.25, 0.3) is 0 Å². The molecule has 1 heterocycles. The Labute approximate surface area is 94.3 Å². The van der Waals surface area contributed by atoms with Gasteiger partial charge in [-0.1, -0.05) is 6.92 Å². The van der Waals surface area contributed by atoms with Gasteiger partial charge in [-0.15, -0.1) is 11.6 Å². The van der Waals surface area contributed by atoms with Crippen molar-refractivity contribution in [3.8, 4) is 0 Å². The first-order valence-corrected chi connectivity index (χ1v) is 5.56. The van der Waals surface area contributed by atoms with Crippen LogP contribution in [0.3, 0.4) is 0 Å². The number of nitrogens with zero attached hydrogens (tertiary/aromatic N) is 1. The molecule has 4 nitrogen and oxygen atoms in total. The lowest BCUT2D eigenvalue weighted by molar-refractivity contribution is -0.127. The van der Waals surface area contributed by atoms with E-state index in [4.69, 9.17) is 11.6 Å². The van der Waals surface area contributed by atoms with Crippen molar-refractivity contribution in [1.82, 2.24) is 10.2 Å². The van der Waals surface area contributed by atoms with Gasteiger partial charge in [0, 0.05) is 25.2 Å². The van der Waals surface area contributed by atoms with E-state index in [1.54, 1.807) is 0 Å². The van der Waals surface area contributed by atoms with Crippen LogP contribution >= 0.6 is 11.6 Å². The predicted molar refractivity (Wildman–Crippen MR) is 58.4 cm³/mol. The third-order valence-electron chi connectivity index (χ3n) is 2.17.